The molecule has 23 heavy (non-hydrogen) atoms. The third kappa shape index (κ3) is 3.49. The average Bonchev–Trinajstić information content (AvgIpc) is 2.91. The summed E-state index contributed by atoms with van der Waals surface area (Å²) in [5.41, 5.74) is 3.98. The molecule has 1 N–H and O–H groups in total. The lowest BCUT2D eigenvalue weighted by molar-refractivity contribution is -0.126. The van der Waals surface area contributed by atoms with Gasteiger partial charge in [0.05, 0.1) is 22.9 Å². The number of anilines is 1. The number of nitrogens with zero attached hydrogens (tertiary/aromatic N) is 2. The number of hydrazine groups is 1. The second-order valence-electron chi connectivity index (χ2n) is 4.80. The van der Waals surface area contributed by atoms with E-state index >= 15 is 0 Å². The zero-order chi connectivity index (χ0) is 16.4. The summed E-state index contributed by atoms with van der Waals surface area (Å²) in [5, 5.41) is 2.17. The van der Waals surface area contributed by atoms with Crippen LogP contribution in [0, 0.1) is 0 Å². The minimum atomic E-state index is -0.165. The summed E-state index contributed by atoms with van der Waals surface area (Å²) in [6, 6.07) is 9.17. The van der Waals surface area contributed by atoms with Gasteiger partial charge in [-0.3, -0.25) is 10.2 Å². The van der Waals surface area contributed by atoms with Gasteiger partial charge >= 0.3 is 0 Å². The van der Waals surface area contributed by atoms with Crippen molar-refractivity contribution in [1.29, 1.82) is 0 Å². The molecule has 1 aliphatic heterocycles. The molecule has 1 aromatic heterocycles. The van der Waals surface area contributed by atoms with Crippen molar-refractivity contribution >= 4 is 46.7 Å². The van der Waals surface area contributed by atoms with Crippen LogP contribution in [0.25, 0.3) is 0 Å². The van der Waals surface area contributed by atoms with E-state index in [2.05, 4.69) is 10.4 Å². The maximum Gasteiger partial charge on any atom is 0.252 e. The molecule has 5 nitrogen and oxygen atoms in total. The fraction of sp³-hybridized carbons (Fsp3) is 0.200. The van der Waals surface area contributed by atoms with Crippen LogP contribution < -0.4 is 10.2 Å². The molecule has 0 saturated carbocycles. The summed E-state index contributed by atoms with van der Waals surface area (Å²) in [6.45, 7) is 0. The van der Waals surface area contributed by atoms with E-state index < -0.39 is 0 Å². The molecule has 0 bridgehead atoms. The first-order valence-electron chi connectivity index (χ1n) is 6.74. The summed E-state index contributed by atoms with van der Waals surface area (Å²) in [6.07, 6.45) is 1.48. The third-order valence-electron chi connectivity index (χ3n) is 3.30. The molecule has 1 saturated heterocycles. The first-order chi connectivity index (χ1) is 11.1. The standard InChI is InChI=1S/C15H13Cl2N3O2S/c1-22-11-4-2-9(3-5-11)15-20(13(21)8-23-15)19-14-12(17)6-10(16)7-18-14/h2-7,15H,8H2,1H3,(H,18,19)/t15-/m1/s1. The van der Waals surface area contributed by atoms with Crippen LogP contribution in [-0.2, 0) is 4.79 Å². The molecule has 3 rings (SSSR count). The van der Waals surface area contributed by atoms with Gasteiger partial charge in [0.15, 0.2) is 5.82 Å². The Labute approximate surface area is 147 Å². The van der Waals surface area contributed by atoms with Crippen molar-refractivity contribution in [3.63, 3.8) is 0 Å². The zero-order valence-corrected chi connectivity index (χ0v) is 14.5. The van der Waals surface area contributed by atoms with Gasteiger partial charge in [0.2, 0.25) is 0 Å². The Bertz CT molecular complexity index is 727. The van der Waals surface area contributed by atoms with Gasteiger partial charge in [-0.1, -0.05) is 35.3 Å². The van der Waals surface area contributed by atoms with Crippen molar-refractivity contribution in [2.75, 3.05) is 18.3 Å². The van der Waals surface area contributed by atoms with E-state index in [0.29, 0.717) is 21.6 Å². The summed E-state index contributed by atoms with van der Waals surface area (Å²) in [4.78, 5) is 16.3. The van der Waals surface area contributed by atoms with Crippen LogP contribution in [0.3, 0.4) is 0 Å². The largest absolute Gasteiger partial charge is 0.497 e. The molecule has 0 unspecified atom stereocenters. The second kappa shape index (κ2) is 6.86. The minimum Gasteiger partial charge on any atom is -0.497 e. The number of nitrogens with one attached hydrogen (secondary N) is 1. The highest BCUT2D eigenvalue weighted by Crippen LogP contribution is 2.39. The minimum absolute atomic E-state index is 0.0383. The number of carbonyl (C=O) groups excluding carboxylic acids is 1. The SMILES string of the molecule is COc1ccc([C@H]2SCC(=O)N2Nc2ncc(Cl)cc2Cl)cc1. The molecule has 1 aliphatic rings. The van der Waals surface area contributed by atoms with Crippen LogP contribution in [0.5, 0.6) is 5.75 Å². The Morgan fingerprint density at radius 1 is 1.35 bits per heavy atom. The summed E-state index contributed by atoms with van der Waals surface area (Å²) in [5.74, 6) is 1.51. The van der Waals surface area contributed by atoms with Crippen molar-refractivity contribution in [1.82, 2.24) is 9.99 Å². The number of ether oxygens (including phenoxy) is 1. The van der Waals surface area contributed by atoms with Gasteiger partial charge in [-0.05, 0) is 23.8 Å². The molecular weight excluding hydrogens is 357 g/mol. The van der Waals surface area contributed by atoms with Crippen LogP contribution in [0.2, 0.25) is 10.0 Å². The molecule has 2 aromatic rings. The summed E-state index contributed by atoms with van der Waals surface area (Å²) < 4.78 is 5.16. The van der Waals surface area contributed by atoms with Gasteiger partial charge in [0.1, 0.15) is 11.1 Å². The highest BCUT2D eigenvalue weighted by molar-refractivity contribution is 8.00. The Balaban J connectivity index is 1.84. The fourth-order valence-corrected chi connectivity index (χ4v) is 3.70. The Hall–Kier alpha value is -1.63. The van der Waals surface area contributed by atoms with E-state index in [9.17, 15) is 4.79 Å². The maximum atomic E-state index is 12.2. The number of thioether (sulfide) groups is 1. The van der Waals surface area contributed by atoms with Gasteiger partial charge in [-0.2, -0.15) is 0 Å². The quantitative estimate of drug-likeness (QED) is 0.882. The molecule has 2 heterocycles. The van der Waals surface area contributed by atoms with Crippen molar-refractivity contribution in [3.8, 4) is 5.75 Å². The average molecular weight is 370 g/mol. The molecule has 0 spiro atoms. The number of hydrogen-bond donors (Lipinski definition) is 1. The van der Waals surface area contributed by atoms with Gasteiger partial charge in [0, 0.05) is 6.20 Å². The molecule has 1 amide bonds. The number of benzene rings is 1. The highest BCUT2D eigenvalue weighted by Gasteiger charge is 2.33. The topological polar surface area (TPSA) is 54.5 Å². The lowest BCUT2D eigenvalue weighted by Crippen LogP contribution is -2.34. The van der Waals surface area contributed by atoms with E-state index in [4.69, 9.17) is 27.9 Å². The van der Waals surface area contributed by atoms with Gasteiger partial charge in [-0.15, -0.1) is 11.8 Å². The molecule has 8 heteroatoms. The van der Waals surface area contributed by atoms with Crippen LogP contribution >= 0.6 is 35.0 Å². The number of amides is 1. The zero-order valence-electron chi connectivity index (χ0n) is 12.1. The van der Waals surface area contributed by atoms with Gasteiger partial charge in [-0.25, -0.2) is 9.99 Å². The van der Waals surface area contributed by atoms with Gasteiger partial charge in [0.25, 0.3) is 5.91 Å². The summed E-state index contributed by atoms with van der Waals surface area (Å²) in [7, 11) is 1.62. The van der Waals surface area contributed by atoms with Crippen molar-refractivity contribution in [2.45, 2.75) is 5.37 Å². The van der Waals surface area contributed by atoms with E-state index in [1.165, 1.54) is 23.0 Å². The van der Waals surface area contributed by atoms with Crippen LogP contribution in [-0.4, -0.2) is 28.8 Å². The van der Waals surface area contributed by atoms with Crippen molar-refractivity contribution < 1.29 is 9.53 Å². The molecule has 0 radical (unpaired) electrons. The molecular formula is C15H13Cl2N3O2S. The molecule has 1 fully saturated rings. The fourth-order valence-electron chi connectivity index (χ4n) is 2.17. The second-order valence-corrected chi connectivity index (χ2v) is 6.71. The number of aromatic nitrogens is 1. The Morgan fingerprint density at radius 2 is 2.09 bits per heavy atom. The lowest BCUT2D eigenvalue weighted by Gasteiger charge is -2.25. The number of hydrogen-bond acceptors (Lipinski definition) is 5. The molecule has 120 valence electrons. The number of pyridine rings is 1. The summed E-state index contributed by atoms with van der Waals surface area (Å²) >= 11 is 13.5. The number of rotatable bonds is 4. The first-order valence-corrected chi connectivity index (χ1v) is 8.54. The monoisotopic (exact) mass is 369 g/mol. The first kappa shape index (κ1) is 16.2. The smallest absolute Gasteiger partial charge is 0.252 e. The Kier molecular flexibility index (Phi) is 4.84. The highest BCUT2D eigenvalue weighted by atomic mass is 35.5. The lowest BCUT2D eigenvalue weighted by atomic mass is 10.2. The molecule has 0 aliphatic carbocycles. The van der Waals surface area contributed by atoms with Crippen molar-refractivity contribution in [2.24, 2.45) is 0 Å². The predicted octanol–water partition coefficient (Wildman–Crippen LogP) is 4.00. The normalized spacial score (nSPS) is 17.4. The van der Waals surface area contributed by atoms with Crippen LogP contribution in [0.4, 0.5) is 5.82 Å². The van der Waals surface area contributed by atoms with Crippen LogP contribution in [0.15, 0.2) is 36.5 Å². The number of methoxy groups -OCH3 is 1. The van der Waals surface area contributed by atoms with E-state index in [-0.39, 0.29) is 11.3 Å². The maximum absolute atomic E-state index is 12.2. The van der Waals surface area contributed by atoms with Crippen molar-refractivity contribution in [3.05, 3.63) is 52.1 Å². The number of halogens is 2. The van der Waals surface area contributed by atoms with Crippen LogP contribution in [0.1, 0.15) is 10.9 Å². The molecule has 1 atom stereocenters. The Morgan fingerprint density at radius 3 is 2.74 bits per heavy atom. The third-order valence-corrected chi connectivity index (χ3v) is 5.01. The van der Waals surface area contributed by atoms with E-state index in [0.717, 1.165) is 11.3 Å². The van der Waals surface area contributed by atoms with E-state index in [1.54, 1.807) is 13.2 Å². The molecule has 1 aromatic carbocycles. The number of carbonyl (C=O) groups is 1. The predicted molar refractivity (Wildman–Crippen MR) is 92.9 cm³/mol. The van der Waals surface area contributed by atoms with E-state index in [1.807, 2.05) is 24.3 Å². The van der Waals surface area contributed by atoms with Gasteiger partial charge < -0.3 is 4.74 Å².